The molecule has 0 saturated carbocycles. The summed E-state index contributed by atoms with van der Waals surface area (Å²) in [6, 6.07) is 3.36. The Bertz CT molecular complexity index is 362. The Morgan fingerprint density at radius 3 is 2.67 bits per heavy atom. The van der Waals surface area contributed by atoms with Crippen molar-refractivity contribution in [3.8, 4) is 0 Å². The van der Waals surface area contributed by atoms with Crippen LogP contribution in [0.25, 0.3) is 0 Å². The van der Waals surface area contributed by atoms with E-state index in [1.165, 1.54) is 0 Å². The standard InChI is InChI=1S/C9H11ClN2O3/c1-6-2-3-9(15-6)12-8(14)5-11-7(13)4-10/h2-3H,4-5H2,1H3,(H,11,13)(H,12,14). The molecule has 15 heavy (non-hydrogen) atoms. The van der Waals surface area contributed by atoms with Crippen LogP contribution in [0.15, 0.2) is 16.5 Å². The fraction of sp³-hybridized carbons (Fsp3) is 0.333. The summed E-state index contributed by atoms with van der Waals surface area (Å²) >= 11 is 5.24. The monoisotopic (exact) mass is 230 g/mol. The highest BCUT2D eigenvalue weighted by Crippen LogP contribution is 2.11. The topological polar surface area (TPSA) is 71.3 Å². The first kappa shape index (κ1) is 11.6. The van der Waals surface area contributed by atoms with E-state index >= 15 is 0 Å². The smallest absolute Gasteiger partial charge is 0.246 e. The zero-order valence-electron chi connectivity index (χ0n) is 8.17. The molecule has 6 heteroatoms. The quantitative estimate of drug-likeness (QED) is 0.755. The lowest BCUT2D eigenvalue weighted by Gasteiger charge is -2.02. The van der Waals surface area contributed by atoms with Gasteiger partial charge in [0, 0.05) is 6.07 Å². The summed E-state index contributed by atoms with van der Waals surface area (Å²) < 4.78 is 5.12. The molecule has 82 valence electrons. The minimum Gasteiger partial charge on any atom is -0.446 e. The summed E-state index contributed by atoms with van der Waals surface area (Å²) in [7, 11) is 0. The number of aryl methyl sites for hydroxylation is 1. The van der Waals surface area contributed by atoms with Crippen molar-refractivity contribution in [2.45, 2.75) is 6.92 Å². The SMILES string of the molecule is Cc1ccc(NC(=O)CNC(=O)CCl)o1. The van der Waals surface area contributed by atoms with Gasteiger partial charge in [-0.15, -0.1) is 11.6 Å². The molecule has 2 N–H and O–H groups in total. The normalized spacial score (nSPS) is 9.73. The number of nitrogens with one attached hydrogen (secondary N) is 2. The first-order valence-electron chi connectivity index (χ1n) is 4.31. The molecule has 0 aliphatic rings. The van der Waals surface area contributed by atoms with Crippen molar-refractivity contribution in [1.29, 1.82) is 0 Å². The predicted molar refractivity (Wildman–Crippen MR) is 55.8 cm³/mol. The van der Waals surface area contributed by atoms with E-state index in [-0.39, 0.29) is 24.2 Å². The minimum absolute atomic E-state index is 0.120. The van der Waals surface area contributed by atoms with Gasteiger partial charge in [0.25, 0.3) is 0 Å². The number of alkyl halides is 1. The fourth-order valence-corrected chi connectivity index (χ4v) is 1.00. The molecule has 0 aliphatic heterocycles. The van der Waals surface area contributed by atoms with Gasteiger partial charge in [0.05, 0.1) is 6.54 Å². The van der Waals surface area contributed by atoms with Crippen LogP contribution in [0.5, 0.6) is 0 Å². The molecule has 1 aromatic heterocycles. The minimum atomic E-state index is -0.387. The lowest BCUT2D eigenvalue weighted by atomic mass is 10.5. The second kappa shape index (κ2) is 5.41. The Kier molecular flexibility index (Phi) is 4.17. The Balaban J connectivity index is 2.33. The molecule has 0 aromatic carbocycles. The molecule has 0 saturated heterocycles. The van der Waals surface area contributed by atoms with Gasteiger partial charge in [-0.3, -0.25) is 14.9 Å². The number of hydrogen-bond acceptors (Lipinski definition) is 3. The van der Waals surface area contributed by atoms with Gasteiger partial charge in [-0.1, -0.05) is 0 Å². The molecule has 1 aromatic rings. The first-order chi connectivity index (χ1) is 7.11. The molecule has 0 atom stereocenters. The van der Waals surface area contributed by atoms with Crippen molar-refractivity contribution < 1.29 is 14.0 Å². The van der Waals surface area contributed by atoms with Crippen LogP contribution in [0, 0.1) is 6.92 Å². The van der Waals surface area contributed by atoms with Crippen molar-refractivity contribution in [3.05, 3.63) is 17.9 Å². The van der Waals surface area contributed by atoms with Gasteiger partial charge < -0.3 is 9.73 Å². The average Bonchev–Trinajstić information content (AvgIpc) is 2.60. The molecule has 0 spiro atoms. The highest BCUT2D eigenvalue weighted by molar-refractivity contribution is 6.27. The van der Waals surface area contributed by atoms with Crippen LogP contribution in [0.4, 0.5) is 5.88 Å². The number of halogens is 1. The fourth-order valence-electron chi connectivity index (χ4n) is 0.909. The van der Waals surface area contributed by atoms with E-state index in [2.05, 4.69) is 10.6 Å². The van der Waals surface area contributed by atoms with E-state index in [9.17, 15) is 9.59 Å². The van der Waals surface area contributed by atoms with Crippen molar-refractivity contribution in [2.75, 3.05) is 17.7 Å². The number of hydrogen-bond donors (Lipinski definition) is 2. The highest BCUT2D eigenvalue weighted by Gasteiger charge is 2.06. The third-order valence-corrected chi connectivity index (χ3v) is 1.81. The molecule has 1 rings (SSSR count). The molecular weight excluding hydrogens is 220 g/mol. The Labute approximate surface area is 91.8 Å². The van der Waals surface area contributed by atoms with Gasteiger partial charge in [-0.25, -0.2) is 0 Å². The second-order valence-corrected chi connectivity index (χ2v) is 3.14. The Morgan fingerprint density at radius 2 is 2.13 bits per heavy atom. The van der Waals surface area contributed by atoms with Crippen LogP contribution < -0.4 is 10.6 Å². The van der Waals surface area contributed by atoms with E-state index in [4.69, 9.17) is 16.0 Å². The predicted octanol–water partition coefficient (Wildman–Crippen LogP) is 0.882. The molecule has 0 radical (unpaired) electrons. The van der Waals surface area contributed by atoms with Gasteiger partial charge in [0.1, 0.15) is 11.6 Å². The lowest BCUT2D eigenvalue weighted by molar-refractivity contribution is -0.122. The molecule has 1 heterocycles. The number of rotatable bonds is 4. The van der Waals surface area contributed by atoms with Crippen molar-refractivity contribution in [3.63, 3.8) is 0 Å². The summed E-state index contributed by atoms with van der Waals surface area (Å²) in [6.07, 6.45) is 0. The van der Waals surface area contributed by atoms with Crippen molar-refractivity contribution >= 4 is 29.3 Å². The van der Waals surface area contributed by atoms with Crippen LogP contribution in [0.1, 0.15) is 5.76 Å². The van der Waals surface area contributed by atoms with Crippen molar-refractivity contribution in [1.82, 2.24) is 5.32 Å². The zero-order valence-corrected chi connectivity index (χ0v) is 8.93. The van der Waals surface area contributed by atoms with Gasteiger partial charge in [0.2, 0.25) is 11.8 Å². The summed E-state index contributed by atoms with van der Waals surface area (Å²) in [6.45, 7) is 1.65. The molecule has 2 amide bonds. The second-order valence-electron chi connectivity index (χ2n) is 2.87. The summed E-state index contributed by atoms with van der Waals surface area (Å²) in [5, 5.41) is 4.81. The maximum absolute atomic E-state index is 11.2. The van der Waals surface area contributed by atoms with Gasteiger partial charge >= 0.3 is 0 Å². The Hall–Kier alpha value is -1.49. The summed E-state index contributed by atoms with van der Waals surface area (Å²) in [5.74, 6) is 0.158. The van der Waals surface area contributed by atoms with Crippen molar-refractivity contribution in [2.24, 2.45) is 0 Å². The number of amides is 2. The van der Waals surface area contributed by atoms with Crippen LogP contribution in [-0.4, -0.2) is 24.2 Å². The molecular formula is C9H11ClN2O3. The lowest BCUT2D eigenvalue weighted by Crippen LogP contribution is -2.33. The summed E-state index contributed by atoms with van der Waals surface area (Å²) in [4.78, 5) is 21.9. The van der Waals surface area contributed by atoms with Crippen LogP contribution in [0.2, 0.25) is 0 Å². The first-order valence-corrected chi connectivity index (χ1v) is 4.84. The average molecular weight is 231 g/mol. The molecule has 5 nitrogen and oxygen atoms in total. The highest BCUT2D eigenvalue weighted by atomic mass is 35.5. The zero-order chi connectivity index (χ0) is 11.3. The number of anilines is 1. The summed E-state index contributed by atoms with van der Waals surface area (Å²) in [5.41, 5.74) is 0. The maximum Gasteiger partial charge on any atom is 0.246 e. The van der Waals surface area contributed by atoms with E-state index in [1.54, 1.807) is 19.1 Å². The van der Waals surface area contributed by atoms with Gasteiger partial charge in [0.15, 0.2) is 5.88 Å². The Morgan fingerprint density at radius 1 is 1.40 bits per heavy atom. The molecule has 0 unspecified atom stereocenters. The van der Waals surface area contributed by atoms with E-state index in [0.717, 1.165) is 0 Å². The third kappa shape index (κ3) is 4.03. The maximum atomic E-state index is 11.2. The van der Waals surface area contributed by atoms with Crippen LogP contribution in [-0.2, 0) is 9.59 Å². The molecule has 0 bridgehead atoms. The number of furan rings is 1. The van der Waals surface area contributed by atoms with Gasteiger partial charge in [-0.05, 0) is 13.0 Å². The molecule has 0 aliphatic carbocycles. The van der Waals surface area contributed by atoms with E-state index < -0.39 is 0 Å². The molecule has 0 fully saturated rings. The van der Waals surface area contributed by atoms with E-state index in [1.807, 2.05) is 0 Å². The largest absolute Gasteiger partial charge is 0.446 e. The van der Waals surface area contributed by atoms with E-state index in [0.29, 0.717) is 11.6 Å². The van der Waals surface area contributed by atoms with Gasteiger partial charge in [-0.2, -0.15) is 0 Å². The van der Waals surface area contributed by atoms with Crippen LogP contribution >= 0.6 is 11.6 Å². The van der Waals surface area contributed by atoms with Crippen LogP contribution in [0.3, 0.4) is 0 Å². The number of carbonyl (C=O) groups excluding carboxylic acids is 2. The number of carbonyl (C=O) groups is 2. The third-order valence-electron chi connectivity index (χ3n) is 1.57.